The first-order valence-electron chi connectivity index (χ1n) is 12.4. The Balaban J connectivity index is 1.17. The number of rotatable bonds is 5. The smallest absolute Gasteiger partial charge is 0.254 e. The van der Waals surface area contributed by atoms with E-state index < -0.39 is 11.6 Å². The molecular weight excluding hydrogens is 521 g/mol. The van der Waals surface area contributed by atoms with Gasteiger partial charge in [0.1, 0.15) is 16.8 Å². The third-order valence-corrected chi connectivity index (χ3v) is 7.99. The maximum atomic E-state index is 13.6. The van der Waals surface area contributed by atoms with Crippen LogP contribution in [0.25, 0.3) is 0 Å². The van der Waals surface area contributed by atoms with Crippen LogP contribution in [0.2, 0.25) is 5.15 Å². The van der Waals surface area contributed by atoms with Crippen molar-refractivity contribution in [1.82, 2.24) is 19.8 Å². The van der Waals surface area contributed by atoms with Crippen molar-refractivity contribution in [1.29, 1.82) is 0 Å². The Hall–Kier alpha value is -2.47. The zero-order valence-corrected chi connectivity index (χ0v) is 22.1. The van der Waals surface area contributed by atoms with Gasteiger partial charge >= 0.3 is 0 Å². The molecule has 1 spiro atoms. The Morgan fingerprint density at radius 1 is 1.14 bits per heavy atom. The van der Waals surface area contributed by atoms with Gasteiger partial charge < -0.3 is 24.2 Å². The van der Waals surface area contributed by atoms with Gasteiger partial charge in [-0.25, -0.2) is 14.4 Å². The number of amides is 2. The molecule has 5 rings (SSSR count). The summed E-state index contributed by atoms with van der Waals surface area (Å²) in [5, 5.41) is 0.721. The summed E-state index contributed by atoms with van der Waals surface area (Å²) in [5.74, 6) is -0.274. The van der Waals surface area contributed by atoms with E-state index in [4.69, 9.17) is 21.1 Å². The predicted octanol–water partition coefficient (Wildman–Crippen LogP) is 3.08. The van der Waals surface area contributed by atoms with Gasteiger partial charge in [0.05, 0.1) is 19.0 Å². The standard InChI is InChI=1S/C25H29ClFN5O4S/c1-17-15-31(9-10-32(17)23(34)18-3-2-4-19(27)13-18)21-14-20(26)28-24(29-21)37-16-22(33)30-7-5-25(6-8-30)35-11-12-36-25/h2-4,13-14,17H,5-12,15-16H2,1H3. The van der Waals surface area contributed by atoms with Gasteiger partial charge in [-0.1, -0.05) is 29.4 Å². The molecule has 3 fully saturated rings. The maximum absolute atomic E-state index is 13.6. The number of thioether (sulfide) groups is 1. The molecule has 0 N–H and O–H groups in total. The molecule has 4 heterocycles. The molecule has 3 aliphatic rings. The van der Waals surface area contributed by atoms with Gasteiger partial charge in [0.15, 0.2) is 10.9 Å². The minimum atomic E-state index is -0.516. The van der Waals surface area contributed by atoms with Crippen molar-refractivity contribution >= 4 is 41.0 Å². The second kappa shape index (κ2) is 11.1. The molecule has 2 amide bonds. The molecule has 1 aromatic carbocycles. The minimum absolute atomic E-state index is 0.0149. The van der Waals surface area contributed by atoms with Crippen molar-refractivity contribution in [3.8, 4) is 0 Å². The summed E-state index contributed by atoms with van der Waals surface area (Å²) in [6, 6.07) is 7.31. The van der Waals surface area contributed by atoms with Crippen LogP contribution in [-0.4, -0.2) is 95.1 Å². The second-order valence-corrected chi connectivity index (χ2v) is 10.7. The average molecular weight is 550 g/mol. The first-order chi connectivity index (χ1) is 17.8. The number of aromatic nitrogens is 2. The van der Waals surface area contributed by atoms with Crippen LogP contribution in [0.4, 0.5) is 10.2 Å². The van der Waals surface area contributed by atoms with Crippen molar-refractivity contribution in [2.24, 2.45) is 0 Å². The first kappa shape index (κ1) is 26.1. The quantitative estimate of drug-likeness (QED) is 0.319. The minimum Gasteiger partial charge on any atom is -0.353 e. The maximum Gasteiger partial charge on any atom is 0.254 e. The molecule has 9 nitrogen and oxygen atoms in total. The van der Waals surface area contributed by atoms with Gasteiger partial charge in [-0.3, -0.25) is 9.59 Å². The highest BCUT2D eigenvalue weighted by molar-refractivity contribution is 7.99. The van der Waals surface area contributed by atoms with Crippen LogP contribution in [0.3, 0.4) is 0 Å². The fourth-order valence-corrected chi connectivity index (χ4v) is 5.95. The van der Waals surface area contributed by atoms with Crippen LogP contribution in [0, 0.1) is 5.82 Å². The highest BCUT2D eigenvalue weighted by atomic mass is 35.5. The van der Waals surface area contributed by atoms with Gasteiger partial charge in [0.2, 0.25) is 5.91 Å². The number of halogens is 2. The topological polar surface area (TPSA) is 88.1 Å². The lowest BCUT2D eigenvalue weighted by atomic mass is 10.0. The Morgan fingerprint density at radius 2 is 1.89 bits per heavy atom. The number of anilines is 1. The van der Waals surface area contributed by atoms with E-state index in [9.17, 15) is 14.0 Å². The van der Waals surface area contributed by atoms with Crippen molar-refractivity contribution in [3.63, 3.8) is 0 Å². The van der Waals surface area contributed by atoms with Gasteiger partial charge in [0.25, 0.3) is 5.91 Å². The Kier molecular flexibility index (Phi) is 7.85. The molecule has 198 valence electrons. The van der Waals surface area contributed by atoms with E-state index in [0.29, 0.717) is 80.5 Å². The summed E-state index contributed by atoms with van der Waals surface area (Å²) in [4.78, 5) is 40.2. The molecule has 0 aliphatic carbocycles. The molecule has 1 atom stereocenters. The highest BCUT2D eigenvalue weighted by Crippen LogP contribution is 2.32. The SMILES string of the molecule is CC1CN(c2cc(Cl)nc(SCC(=O)N3CCC4(CC3)OCCO4)n2)CCN1C(=O)c1cccc(F)c1. The summed E-state index contributed by atoms with van der Waals surface area (Å²) < 4.78 is 25.1. The molecule has 2 aromatic rings. The fraction of sp³-hybridized carbons (Fsp3) is 0.520. The summed E-state index contributed by atoms with van der Waals surface area (Å²) in [6.45, 7) is 5.90. The van der Waals surface area contributed by atoms with Crippen LogP contribution in [-0.2, 0) is 14.3 Å². The number of ether oxygens (including phenoxy) is 2. The summed E-state index contributed by atoms with van der Waals surface area (Å²) in [5.41, 5.74) is 0.334. The Morgan fingerprint density at radius 3 is 2.59 bits per heavy atom. The van der Waals surface area contributed by atoms with Crippen molar-refractivity contribution in [2.75, 3.05) is 56.6 Å². The van der Waals surface area contributed by atoms with E-state index >= 15 is 0 Å². The summed E-state index contributed by atoms with van der Waals surface area (Å²) in [6.07, 6.45) is 1.35. The lowest BCUT2D eigenvalue weighted by Crippen LogP contribution is -2.54. The van der Waals surface area contributed by atoms with Crippen LogP contribution < -0.4 is 4.90 Å². The number of likely N-dealkylation sites (tertiary alicyclic amines) is 1. The molecule has 0 radical (unpaired) electrons. The Bertz CT molecular complexity index is 1160. The zero-order valence-electron chi connectivity index (χ0n) is 20.6. The van der Waals surface area contributed by atoms with Crippen LogP contribution in [0.5, 0.6) is 0 Å². The highest BCUT2D eigenvalue weighted by Gasteiger charge is 2.40. The monoisotopic (exact) mass is 549 g/mol. The molecule has 12 heteroatoms. The van der Waals surface area contributed by atoms with E-state index in [0.717, 1.165) is 0 Å². The number of carbonyl (C=O) groups is 2. The van der Waals surface area contributed by atoms with E-state index in [1.165, 1.54) is 30.0 Å². The van der Waals surface area contributed by atoms with Crippen LogP contribution in [0.15, 0.2) is 35.5 Å². The molecule has 1 aromatic heterocycles. The molecule has 3 saturated heterocycles. The predicted molar refractivity (Wildman–Crippen MR) is 137 cm³/mol. The number of hydrogen-bond donors (Lipinski definition) is 0. The molecule has 3 aliphatic heterocycles. The van der Waals surface area contributed by atoms with Crippen molar-refractivity contribution < 1.29 is 23.5 Å². The van der Waals surface area contributed by atoms with Crippen LogP contribution >= 0.6 is 23.4 Å². The molecule has 37 heavy (non-hydrogen) atoms. The fourth-order valence-electron chi connectivity index (χ4n) is 4.97. The largest absolute Gasteiger partial charge is 0.353 e. The lowest BCUT2D eigenvalue weighted by Gasteiger charge is -2.40. The van der Waals surface area contributed by atoms with Gasteiger partial charge in [0, 0.05) is 63.2 Å². The third-order valence-electron chi connectivity index (χ3n) is 6.96. The zero-order chi connectivity index (χ0) is 26.0. The third kappa shape index (κ3) is 6.00. The second-order valence-electron chi connectivity index (χ2n) is 9.41. The number of carbonyl (C=O) groups excluding carboxylic acids is 2. The normalized spacial score (nSPS) is 21.5. The number of benzene rings is 1. The van der Waals surface area contributed by atoms with Gasteiger partial charge in [-0.05, 0) is 25.1 Å². The number of piperidine rings is 1. The number of hydrogen-bond acceptors (Lipinski definition) is 8. The summed E-state index contributed by atoms with van der Waals surface area (Å²) >= 11 is 7.55. The van der Waals surface area contributed by atoms with Crippen molar-refractivity contribution in [2.45, 2.75) is 36.8 Å². The molecule has 0 saturated carbocycles. The van der Waals surface area contributed by atoms with E-state index in [1.807, 2.05) is 16.7 Å². The number of piperazine rings is 1. The number of nitrogens with zero attached hydrogens (tertiary/aromatic N) is 5. The van der Waals surface area contributed by atoms with Gasteiger partial charge in [-0.2, -0.15) is 0 Å². The van der Waals surface area contributed by atoms with E-state index in [1.54, 1.807) is 17.0 Å². The van der Waals surface area contributed by atoms with E-state index in [2.05, 4.69) is 9.97 Å². The van der Waals surface area contributed by atoms with Gasteiger partial charge in [-0.15, -0.1) is 0 Å². The Labute approximate surface area is 224 Å². The van der Waals surface area contributed by atoms with Crippen molar-refractivity contribution in [3.05, 3.63) is 46.9 Å². The first-order valence-corrected chi connectivity index (χ1v) is 13.7. The molecule has 1 unspecified atom stereocenters. The molecule has 0 bridgehead atoms. The molecular formula is C25H29ClFN5O4S. The van der Waals surface area contributed by atoms with Crippen LogP contribution in [0.1, 0.15) is 30.1 Å². The average Bonchev–Trinajstić information content (AvgIpc) is 3.34. The van der Waals surface area contributed by atoms with E-state index in [-0.39, 0.29) is 23.6 Å². The summed E-state index contributed by atoms with van der Waals surface area (Å²) in [7, 11) is 0. The lowest BCUT2D eigenvalue weighted by molar-refractivity contribution is -0.186.